The molecule has 0 aliphatic rings. The largest absolute Gasteiger partial charge is 0.481 e. The standard InChI is InChI=1S/C16H32N2O4/c19-15(20)13-11-9-7-5-3-1-2-4-6-8-10-12-14-17-18-16(21)22/h17-18H,1-14H2,(H,19,20)(H,21,22). The van der Waals surface area contributed by atoms with Crippen molar-refractivity contribution in [2.24, 2.45) is 0 Å². The average Bonchev–Trinajstić information content (AvgIpc) is 2.46. The van der Waals surface area contributed by atoms with Gasteiger partial charge >= 0.3 is 12.1 Å². The van der Waals surface area contributed by atoms with Crippen molar-refractivity contribution in [1.82, 2.24) is 10.9 Å². The van der Waals surface area contributed by atoms with Crippen LogP contribution in [0.3, 0.4) is 0 Å². The summed E-state index contributed by atoms with van der Waals surface area (Å²) in [6.45, 7) is 0.689. The molecule has 0 heterocycles. The van der Waals surface area contributed by atoms with Crippen molar-refractivity contribution in [2.75, 3.05) is 6.54 Å². The number of carboxylic acids is 1. The van der Waals surface area contributed by atoms with Crippen LogP contribution in [0.25, 0.3) is 0 Å². The first-order chi connectivity index (χ1) is 10.6. The lowest BCUT2D eigenvalue weighted by molar-refractivity contribution is -0.137. The number of hydrogen-bond acceptors (Lipinski definition) is 3. The molecule has 0 fully saturated rings. The zero-order valence-corrected chi connectivity index (χ0v) is 13.6. The number of amides is 1. The van der Waals surface area contributed by atoms with Crippen LogP contribution in [0.4, 0.5) is 4.79 Å². The molecular weight excluding hydrogens is 284 g/mol. The van der Waals surface area contributed by atoms with Crippen molar-refractivity contribution in [2.45, 2.75) is 83.5 Å². The maximum Gasteiger partial charge on any atom is 0.419 e. The Labute approximate surface area is 133 Å². The number of carbonyl (C=O) groups is 2. The van der Waals surface area contributed by atoms with Crippen molar-refractivity contribution in [3.05, 3.63) is 0 Å². The number of unbranched alkanes of at least 4 members (excludes halogenated alkanes) is 11. The Morgan fingerprint density at radius 2 is 1.05 bits per heavy atom. The summed E-state index contributed by atoms with van der Waals surface area (Å²) in [5.41, 5.74) is 4.78. The van der Waals surface area contributed by atoms with Crippen molar-refractivity contribution in [3.63, 3.8) is 0 Å². The predicted octanol–water partition coefficient (Wildman–Crippen LogP) is 3.91. The number of hydrazine groups is 1. The van der Waals surface area contributed by atoms with Gasteiger partial charge in [-0.25, -0.2) is 10.2 Å². The van der Waals surface area contributed by atoms with Crippen LogP contribution >= 0.6 is 0 Å². The van der Waals surface area contributed by atoms with Crippen molar-refractivity contribution in [3.8, 4) is 0 Å². The third-order valence-corrected chi connectivity index (χ3v) is 3.64. The summed E-state index contributed by atoms with van der Waals surface area (Å²) in [5.74, 6) is -0.686. The van der Waals surface area contributed by atoms with Crippen LogP contribution < -0.4 is 10.9 Å². The molecule has 4 N–H and O–H groups in total. The van der Waals surface area contributed by atoms with Crippen LogP contribution in [-0.2, 0) is 4.79 Å². The van der Waals surface area contributed by atoms with Gasteiger partial charge in [0.1, 0.15) is 0 Å². The molecule has 22 heavy (non-hydrogen) atoms. The molecule has 6 nitrogen and oxygen atoms in total. The Bertz CT molecular complexity index is 257. The Kier molecular flexibility index (Phi) is 15.1. The molecule has 0 aromatic rings. The summed E-state index contributed by atoms with van der Waals surface area (Å²) < 4.78 is 0. The third kappa shape index (κ3) is 18.7. The zero-order chi connectivity index (χ0) is 16.5. The van der Waals surface area contributed by atoms with Gasteiger partial charge in [0.2, 0.25) is 0 Å². The van der Waals surface area contributed by atoms with Gasteiger partial charge in [0.15, 0.2) is 0 Å². The summed E-state index contributed by atoms with van der Waals surface area (Å²) in [6, 6.07) is 0. The van der Waals surface area contributed by atoms with Gasteiger partial charge in [0, 0.05) is 13.0 Å². The second-order valence-electron chi connectivity index (χ2n) is 5.74. The molecule has 0 aliphatic carbocycles. The van der Waals surface area contributed by atoms with E-state index >= 15 is 0 Å². The van der Waals surface area contributed by atoms with E-state index < -0.39 is 12.1 Å². The highest BCUT2D eigenvalue weighted by Crippen LogP contribution is 2.12. The monoisotopic (exact) mass is 316 g/mol. The minimum Gasteiger partial charge on any atom is -0.481 e. The van der Waals surface area contributed by atoms with E-state index in [1.54, 1.807) is 0 Å². The number of rotatable bonds is 16. The summed E-state index contributed by atoms with van der Waals surface area (Å²) in [6.07, 6.45) is 13.2. The van der Waals surface area contributed by atoms with Gasteiger partial charge in [-0.15, -0.1) is 0 Å². The van der Waals surface area contributed by atoms with E-state index in [1.807, 2.05) is 0 Å². The average molecular weight is 316 g/mol. The molecule has 0 saturated carbocycles. The minimum atomic E-state index is -1.04. The lowest BCUT2D eigenvalue weighted by Gasteiger charge is -2.04. The van der Waals surface area contributed by atoms with Gasteiger partial charge in [-0.05, 0) is 12.8 Å². The third-order valence-electron chi connectivity index (χ3n) is 3.64. The van der Waals surface area contributed by atoms with Crippen LogP contribution in [0.2, 0.25) is 0 Å². The van der Waals surface area contributed by atoms with Gasteiger partial charge in [-0.1, -0.05) is 64.2 Å². The molecule has 1 amide bonds. The molecule has 0 atom stereocenters. The summed E-state index contributed by atoms with van der Waals surface area (Å²) in [5, 5.41) is 16.9. The molecular formula is C16H32N2O4. The molecule has 0 aromatic heterocycles. The summed E-state index contributed by atoms with van der Waals surface area (Å²) in [7, 11) is 0. The first-order valence-electron chi connectivity index (χ1n) is 8.56. The van der Waals surface area contributed by atoms with Crippen LogP contribution in [0.1, 0.15) is 83.5 Å². The van der Waals surface area contributed by atoms with Gasteiger partial charge in [0.05, 0.1) is 0 Å². The van der Waals surface area contributed by atoms with E-state index in [0.29, 0.717) is 13.0 Å². The highest BCUT2D eigenvalue weighted by Gasteiger charge is 1.97. The second-order valence-corrected chi connectivity index (χ2v) is 5.74. The molecule has 0 unspecified atom stereocenters. The molecule has 0 rings (SSSR count). The Balaban J connectivity index is 2.99. The zero-order valence-electron chi connectivity index (χ0n) is 13.6. The normalized spacial score (nSPS) is 10.5. The molecule has 0 bridgehead atoms. The van der Waals surface area contributed by atoms with Crippen molar-refractivity contribution < 1.29 is 19.8 Å². The fourth-order valence-corrected chi connectivity index (χ4v) is 2.40. The van der Waals surface area contributed by atoms with Crippen molar-refractivity contribution >= 4 is 12.1 Å². The number of nitrogens with one attached hydrogen (secondary N) is 2. The van der Waals surface area contributed by atoms with Gasteiger partial charge < -0.3 is 10.2 Å². The fourth-order valence-electron chi connectivity index (χ4n) is 2.40. The van der Waals surface area contributed by atoms with E-state index in [9.17, 15) is 9.59 Å². The maximum absolute atomic E-state index is 10.3. The highest BCUT2D eigenvalue weighted by atomic mass is 16.4. The molecule has 0 aliphatic heterocycles. The molecule has 0 aromatic carbocycles. The minimum absolute atomic E-state index is 0.307. The Morgan fingerprint density at radius 3 is 1.45 bits per heavy atom. The lowest BCUT2D eigenvalue weighted by atomic mass is 10.0. The highest BCUT2D eigenvalue weighted by molar-refractivity contribution is 5.66. The van der Waals surface area contributed by atoms with E-state index in [1.165, 1.54) is 44.9 Å². The maximum atomic E-state index is 10.3. The first kappa shape index (κ1) is 20.7. The van der Waals surface area contributed by atoms with Crippen LogP contribution in [0.5, 0.6) is 0 Å². The first-order valence-corrected chi connectivity index (χ1v) is 8.56. The van der Waals surface area contributed by atoms with E-state index in [2.05, 4.69) is 10.9 Å². The predicted molar refractivity (Wildman–Crippen MR) is 86.8 cm³/mol. The smallest absolute Gasteiger partial charge is 0.419 e. The van der Waals surface area contributed by atoms with Crippen LogP contribution in [0.15, 0.2) is 0 Å². The van der Waals surface area contributed by atoms with E-state index in [0.717, 1.165) is 32.1 Å². The number of carboxylic acid groups (broad SMARTS) is 2. The number of hydrogen-bond donors (Lipinski definition) is 4. The second kappa shape index (κ2) is 16.1. The Morgan fingerprint density at radius 1 is 0.636 bits per heavy atom. The SMILES string of the molecule is O=C(O)CCCCCCCCCCCCCCNNC(=O)O. The van der Waals surface area contributed by atoms with Crippen molar-refractivity contribution in [1.29, 1.82) is 0 Å². The summed E-state index contributed by atoms with van der Waals surface area (Å²) >= 11 is 0. The fraction of sp³-hybridized carbons (Fsp3) is 0.875. The topological polar surface area (TPSA) is 98.7 Å². The molecule has 0 radical (unpaired) electrons. The molecule has 130 valence electrons. The van der Waals surface area contributed by atoms with Crippen LogP contribution in [0, 0.1) is 0 Å². The van der Waals surface area contributed by atoms with Gasteiger partial charge in [-0.2, -0.15) is 0 Å². The molecule has 0 saturated heterocycles. The Hall–Kier alpha value is -1.30. The van der Waals surface area contributed by atoms with Gasteiger partial charge in [-0.3, -0.25) is 10.2 Å². The lowest BCUT2D eigenvalue weighted by Crippen LogP contribution is -2.36. The van der Waals surface area contributed by atoms with Gasteiger partial charge in [0.25, 0.3) is 0 Å². The molecule has 0 spiro atoms. The summed E-state index contributed by atoms with van der Waals surface area (Å²) in [4.78, 5) is 20.5. The van der Waals surface area contributed by atoms with E-state index in [4.69, 9.17) is 10.2 Å². The van der Waals surface area contributed by atoms with Crippen LogP contribution in [-0.4, -0.2) is 28.8 Å². The quantitative estimate of drug-likeness (QED) is 0.255. The molecule has 6 heteroatoms. The number of aliphatic carboxylic acids is 1. The van der Waals surface area contributed by atoms with E-state index in [-0.39, 0.29) is 0 Å².